The molecular formula is C33H40N6O4. The minimum absolute atomic E-state index is 0.107. The molecule has 3 aromatic heterocycles. The fourth-order valence-electron chi connectivity index (χ4n) is 6.10. The molecule has 5 N–H and O–H groups in total. The number of aromatic amines is 2. The highest BCUT2D eigenvalue weighted by Gasteiger charge is 2.25. The number of piperidine rings is 1. The van der Waals surface area contributed by atoms with Gasteiger partial charge in [0.25, 0.3) is 5.56 Å². The van der Waals surface area contributed by atoms with Gasteiger partial charge in [0.2, 0.25) is 0 Å². The standard InChI is InChI=1S/C33H40N6O4/c1-19(2)38-11-8-23(9-12-38)39-17-22-14-27-28(15-25(22)33(39)42)37-31(36-27)30-26(7-10-34-32(30)41)35-16-24(40)18-43-29-6-5-20(3)13-21(29)4/h5-7,10,13-15,17,19,23-24,40,42H,8-9,11-12,16,18H2,1-4H3,(H,36,37)(H2,34,35,41). The smallest absolute Gasteiger partial charge is 0.261 e. The van der Waals surface area contributed by atoms with Gasteiger partial charge in [0.05, 0.1) is 16.7 Å². The number of anilines is 1. The third-order valence-electron chi connectivity index (χ3n) is 8.53. The van der Waals surface area contributed by atoms with Crippen molar-refractivity contribution in [2.45, 2.75) is 58.7 Å². The molecule has 0 saturated carbocycles. The largest absolute Gasteiger partial charge is 0.494 e. The minimum atomic E-state index is -0.805. The molecule has 1 saturated heterocycles. The van der Waals surface area contributed by atoms with Crippen molar-refractivity contribution in [3.63, 3.8) is 0 Å². The van der Waals surface area contributed by atoms with Gasteiger partial charge in [-0.25, -0.2) is 4.98 Å². The molecular weight excluding hydrogens is 544 g/mol. The number of nitrogens with zero attached hydrogens (tertiary/aromatic N) is 3. The Labute approximate surface area is 250 Å². The quantitative estimate of drug-likeness (QED) is 0.163. The van der Waals surface area contributed by atoms with Crippen molar-refractivity contribution < 1.29 is 14.9 Å². The lowest BCUT2D eigenvalue weighted by molar-refractivity contribution is 0.117. The number of fused-ring (bicyclic) bond motifs is 2. The highest BCUT2D eigenvalue weighted by Crippen LogP contribution is 2.37. The number of aromatic nitrogens is 4. The predicted molar refractivity (Wildman–Crippen MR) is 170 cm³/mol. The summed E-state index contributed by atoms with van der Waals surface area (Å²) in [4.78, 5) is 26.2. The molecule has 5 aromatic rings. The van der Waals surface area contributed by atoms with E-state index in [0.29, 0.717) is 28.6 Å². The first-order valence-corrected chi connectivity index (χ1v) is 15.0. The van der Waals surface area contributed by atoms with Gasteiger partial charge in [0.1, 0.15) is 29.8 Å². The molecule has 10 heteroatoms. The van der Waals surface area contributed by atoms with Gasteiger partial charge in [-0.15, -0.1) is 0 Å². The number of benzene rings is 2. The molecule has 2 aromatic carbocycles. The van der Waals surface area contributed by atoms with Crippen molar-refractivity contribution in [2.24, 2.45) is 0 Å². The van der Waals surface area contributed by atoms with Gasteiger partial charge < -0.3 is 39.7 Å². The SMILES string of the molecule is Cc1ccc(OCC(O)CNc2cc[nH]c(=O)c2-c2nc3cc4c(O)n(C5CCN(C(C)C)CC5)cc4cc3[nH]2)c(C)c1. The van der Waals surface area contributed by atoms with Gasteiger partial charge in [-0.1, -0.05) is 17.7 Å². The molecule has 43 heavy (non-hydrogen) atoms. The number of nitrogens with one attached hydrogen (secondary N) is 3. The summed E-state index contributed by atoms with van der Waals surface area (Å²) < 4.78 is 7.82. The van der Waals surface area contributed by atoms with Crippen LogP contribution in [-0.2, 0) is 0 Å². The number of H-pyrrole nitrogens is 2. The molecule has 6 rings (SSSR count). The second-order valence-corrected chi connectivity index (χ2v) is 12.0. The topological polar surface area (TPSA) is 131 Å². The molecule has 1 fully saturated rings. The molecule has 0 aliphatic carbocycles. The number of aliphatic hydroxyl groups is 1. The Morgan fingerprint density at radius 2 is 1.93 bits per heavy atom. The summed E-state index contributed by atoms with van der Waals surface area (Å²) in [6.45, 7) is 10.8. The van der Waals surface area contributed by atoms with E-state index in [0.717, 1.165) is 59.1 Å². The molecule has 1 atom stereocenters. The van der Waals surface area contributed by atoms with E-state index in [1.54, 1.807) is 12.3 Å². The average Bonchev–Trinajstić information content (AvgIpc) is 3.54. The maximum absolute atomic E-state index is 13.0. The Balaban J connectivity index is 1.20. The summed E-state index contributed by atoms with van der Waals surface area (Å²) in [5, 5.41) is 26.6. The van der Waals surface area contributed by atoms with Gasteiger partial charge in [-0.05, 0) is 70.4 Å². The summed E-state index contributed by atoms with van der Waals surface area (Å²) in [6, 6.07) is 12.3. The number of pyridine rings is 1. The first-order chi connectivity index (χ1) is 20.7. The molecule has 1 unspecified atom stereocenters. The first-order valence-electron chi connectivity index (χ1n) is 15.0. The van der Waals surface area contributed by atoms with Crippen molar-refractivity contribution in [2.75, 3.05) is 31.6 Å². The van der Waals surface area contributed by atoms with Gasteiger partial charge in [-0.3, -0.25) is 4.79 Å². The molecule has 0 bridgehead atoms. The number of aromatic hydroxyl groups is 1. The van der Waals surface area contributed by atoms with Crippen LogP contribution in [0.3, 0.4) is 0 Å². The highest BCUT2D eigenvalue weighted by atomic mass is 16.5. The van der Waals surface area contributed by atoms with Crippen molar-refractivity contribution in [1.82, 2.24) is 24.4 Å². The number of aliphatic hydroxyl groups excluding tert-OH is 1. The minimum Gasteiger partial charge on any atom is -0.494 e. The molecule has 0 spiro atoms. The molecule has 1 aliphatic heterocycles. The van der Waals surface area contributed by atoms with E-state index >= 15 is 0 Å². The normalized spacial score (nSPS) is 15.5. The van der Waals surface area contributed by atoms with Gasteiger partial charge >= 0.3 is 0 Å². The molecule has 10 nitrogen and oxygen atoms in total. The van der Waals surface area contributed by atoms with Crippen LogP contribution in [0, 0.1) is 13.8 Å². The van der Waals surface area contributed by atoms with E-state index in [1.165, 1.54) is 0 Å². The maximum Gasteiger partial charge on any atom is 0.261 e. The Bertz CT molecular complexity index is 1810. The fourth-order valence-corrected chi connectivity index (χ4v) is 6.10. The third-order valence-corrected chi connectivity index (χ3v) is 8.53. The summed E-state index contributed by atoms with van der Waals surface area (Å²) in [7, 11) is 0. The Morgan fingerprint density at radius 1 is 1.14 bits per heavy atom. The highest BCUT2D eigenvalue weighted by molar-refractivity contribution is 5.99. The van der Waals surface area contributed by atoms with E-state index < -0.39 is 6.10 Å². The summed E-state index contributed by atoms with van der Waals surface area (Å²) in [5.41, 5.74) is 4.16. The van der Waals surface area contributed by atoms with Crippen molar-refractivity contribution in [3.05, 3.63) is 70.3 Å². The van der Waals surface area contributed by atoms with Crippen LogP contribution >= 0.6 is 0 Å². The maximum atomic E-state index is 13.0. The van der Waals surface area contributed by atoms with E-state index in [9.17, 15) is 15.0 Å². The third kappa shape index (κ3) is 5.85. The average molecular weight is 585 g/mol. The van der Waals surface area contributed by atoms with Gasteiger partial charge in [0, 0.05) is 54.9 Å². The van der Waals surface area contributed by atoms with E-state index in [1.807, 2.05) is 54.9 Å². The van der Waals surface area contributed by atoms with Crippen LogP contribution in [0.5, 0.6) is 11.6 Å². The number of rotatable bonds is 9. The molecule has 4 heterocycles. The summed E-state index contributed by atoms with van der Waals surface area (Å²) in [5.74, 6) is 1.39. The van der Waals surface area contributed by atoms with Crippen LogP contribution in [0.2, 0.25) is 0 Å². The fraction of sp³-hybridized carbons (Fsp3) is 0.394. The Hall–Kier alpha value is -4.28. The number of ether oxygens (including phenoxy) is 1. The summed E-state index contributed by atoms with van der Waals surface area (Å²) in [6.07, 6.45) is 4.76. The van der Waals surface area contributed by atoms with Crippen LogP contribution < -0.4 is 15.6 Å². The van der Waals surface area contributed by atoms with Crippen molar-refractivity contribution >= 4 is 27.5 Å². The van der Waals surface area contributed by atoms with Crippen molar-refractivity contribution in [3.8, 4) is 23.0 Å². The van der Waals surface area contributed by atoms with Crippen LogP contribution in [0.25, 0.3) is 33.2 Å². The summed E-state index contributed by atoms with van der Waals surface area (Å²) >= 11 is 0. The van der Waals surface area contributed by atoms with E-state index in [2.05, 4.69) is 34.0 Å². The zero-order valence-electron chi connectivity index (χ0n) is 25.1. The van der Waals surface area contributed by atoms with Gasteiger partial charge in [0.15, 0.2) is 5.88 Å². The zero-order chi connectivity index (χ0) is 30.2. The van der Waals surface area contributed by atoms with Gasteiger partial charge in [-0.2, -0.15) is 0 Å². The molecule has 226 valence electrons. The van der Waals surface area contributed by atoms with Crippen molar-refractivity contribution in [1.29, 1.82) is 0 Å². The number of hydrogen-bond acceptors (Lipinski definition) is 7. The second kappa shape index (κ2) is 11.8. The van der Waals surface area contributed by atoms with Crippen LogP contribution in [0.4, 0.5) is 5.69 Å². The zero-order valence-corrected chi connectivity index (χ0v) is 25.1. The van der Waals surface area contributed by atoms with E-state index in [-0.39, 0.29) is 30.6 Å². The molecule has 1 aliphatic rings. The molecule has 0 radical (unpaired) electrons. The monoisotopic (exact) mass is 584 g/mol. The number of aryl methyl sites for hydroxylation is 2. The Morgan fingerprint density at radius 3 is 2.67 bits per heavy atom. The predicted octanol–water partition coefficient (Wildman–Crippen LogP) is 5.09. The van der Waals surface area contributed by atoms with Crippen LogP contribution in [0.1, 0.15) is 43.9 Å². The van der Waals surface area contributed by atoms with Crippen LogP contribution in [-0.4, -0.2) is 73.0 Å². The van der Waals surface area contributed by atoms with Crippen LogP contribution in [0.15, 0.2) is 53.6 Å². The lowest BCUT2D eigenvalue weighted by Gasteiger charge is -2.35. The number of hydrogen-bond donors (Lipinski definition) is 5. The molecule has 0 amide bonds. The van der Waals surface area contributed by atoms with E-state index in [4.69, 9.17) is 9.72 Å². The second-order valence-electron chi connectivity index (χ2n) is 12.0. The lowest BCUT2D eigenvalue weighted by Crippen LogP contribution is -2.38. The lowest BCUT2D eigenvalue weighted by atomic mass is 10.0. The first kappa shape index (κ1) is 28.8. The number of imidazole rings is 1. The Kier molecular flexibility index (Phi) is 7.89. The number of likely N-dealkylation sites (tertiary alicyclic amines) is 1.